The molecule has 2 aliphatic rings. The maximum Gasteiger partial charge on any atom is 0.147 e. The van der Waals surface area contributed by atoms with Crippen molar-refractivity contribution in [1.29, 1.82) is 0 Å². The molecule has 1 aromatic rings. The highest BCUT2D eigenvalue weighted by Crippen LogP contribution is 2.32. The molecular formula is C12H20N4. The van der Waals surface area contributed by atoms with Crippen LogP contribution >= 0.6 is 0 Å². The summed E-state index contributed by atoms with van der Waals surface area (Å²) in [5.41, 5.74) is 0. The first-order chi connectivity index (χ1) is 7.72. The van der Waals surface area contributed by atoms with Crippen molar-refractivity contribution in [2.24, 2.45) is 5.92 Å². The van der Waals surface area contributed by atoms with E-state index >= 15 is 0 Å². The molecule has 4 nitrogen and oxygen atoms in total. The van der Waals surface area contributed by atoms with E-state index in [-0.39, 0.29) is 0 Å². The average molecular weight is 220 g/mol. The Kier molecular flexibility index (Phi) is 2.46. The summed E-state index contributed by atoms with van der Waals surface area (Å²) < 4.78 is 2.08. The van der Waals surface area contributed by atoms with Crippen LogP contribution in [0.2, 0.25) is 0 Å². The second-order valence-corrected chi connectivity index (χ2v) is 5.29. The minimum absolute atomic E-state index is 0.587. The molecule has 0 radical (unpaired) electrons. The highest BCUT2D eigenvalue weighted by Gasteiger charge is 2.30. The summed E-state index contributed by atoms with van der Waals surface area (Å²) in [6, 6.07) is 1.26. The monoisotopic (exact) mass is 220 g/mol. The Hall–Kier alpha value is -0.900. The highest BCUT2D eigenvalue weighted by atomic mass is 15.4. The zero-order valence-electron chi connectivity index (χ0n) is 10.1. The molecule has 1 aliphatic carbocycles. The van der Waals surface area contributed by atoms with Crippen LogP contribution in [-0.2, 0) is 13.0 Å². The lowest BCUT2D eigenvalue weighted by Gasteiger charge is -2.26. The van der Waals surface area contributed by atoms with Gasteiger partial charge in [-0.2, -0.15) is 5.10 Å². The van der Waals surface area contributed by atoms with Gasteiger partial charge in [0.05, 0.1) is 6.54 Å². The van der Waals surface area contributed by atoms with E-state index in [2.05, 4.69) is 27.0 Å². The van der Waals surface area contributed by atoms with Crippen LogP contribution < -0.4 is 5.32 Å². The summed E-state index contributed by atoms with van der Waals surface area (Å²) in [6.45, 7) is 5.29. The molecule has 1 aromatic heterocycles. The third-order valence-corrected chi connectivity index (χ3v) is 3.79. The van der Waals surface area contributed by atoms with Crippen LogP contribution in [0.25, 0.3) is 0 Å². The normalized spacial score (nSPS) is 26.5. The molecule has 1 aliphatic heterocycles. The zero-order valence-corrected chi connectivity index (χ0v) is 10.1. The summed E-state index contributed by atoms with van der Waals surface area (Å²) in [6.07, 6.45) is 5.09. The van der Waals surface area contributed by atoms with Gasteiger partial charge in [-0.05, 0) is 39.0 Å². The molecule has 0 spiro atoms. The van der Waals surface area contributed by atoms with Gasteiger partial charge in [-0.3, -0.25) is 0 Å². The second-order valence-electron chi connectivity index (χ2n) is 5.29. The van der Waals surface area contributed by atoms with Crippen LogP contribution in [0.3, 0.4) is 0 Å². The van der Waals surface area contributed by atoms with E-state index in [1.807, 2.05) is 6.92 Å². The van der Waals surface area contributed by atoms with Crippen molar-refractivity contribution in [1.82, 2.24) is 20.1 Å². The van der Waals surface area contributed by atoms with Gasteiger partial charge in [-0.1, -0.05) is 0 Å². The van der Waals surface area contributed by atoms with Crippen molar-refractivity contribution in [2.75, 3.05) is 0 Å². The quantitative estimate of drug-likeness (QED) is 0.834. The molecule has 16 heavy (non-hydrogen) atoms. The Morgan fingerprint density at radius 2 is 2.19 bits per heavy atom. The number of rotatable bonds is 3. The molecule has 0 aromatic carbocycles. The van der Waals surface area contributed by atoms with Gasteiger partial charge in [0.25, 0.3) is 0 Å². The number of aryl methyl sites for hydroxylation is 2. The van der Waals surface area contributed by atoms with E-state index in [0.29, 0.717) is 12.1 Å². The fourth-order valence-electron chi connectivity index (χ4n) is 2.67. The molecule has 4 heteroatoms. The average Bonchev–Trinajstić information content (AvgIpc) is 3.01. The first-order valence-corrected chi connectivity index (χ1v) is 6.39. The molecule has 2 unspecified atom stereocenters. The van der Waals surface area contributed by atoms with Gasteiger partial charge < -0.3 is 5.32 Å². The molecule has 1 saturated carbocycles. The van der Waals surface area contributed by atoms with Crippen molar-refractivity contribution in [3.8, 4) is 0 Å². The molecule has 88 valence electrons. The number of hydrogen-bond acceptors (Lipinski definition) is 3. The van der Waals surface area contributed by atoms with Crippen LogP contribution in [0.1, 0.15) is 37.8 Å². The fraction of sp³-hybridized carbons (Fsp3) is 0.833. The predicted molar refractivity (Wildman–Crippen MR) is 62.2 cm³/mol. The molecule has 2 heterocycles. The summed E-state index contributed by atoms with van der Waals surface area (Å²) in [7, 11) is 0. The summed E-state index contributed by atoms with van der Waals surface area (Å²) in [5.74, 6) is 3.00. The minimum Gasteiger partial charge on any atom is -0.309 e. The molecule has 0 bridgehead atoms. The van der Waals surface area contributed by atoms with Crippen molar-refractivity contribution in [3.63, 3.8) is 0 Å². The predicted octanol–water partition coefficient (Wildman–Crippen LogP) is 1.29. The second kappa shape index (κ2) is 3.84. The van der Waals surface area contributed by atoms with Crippen molar-refractivity contribution in [3.05, 3.63) is 11.6 Å². The Bertz CT molecular complexity index is 380. The molecular weight excluding hydrogens is 200 g/mol. The van der Waals surface area contributed by atoms with Gasteiger partial charge in [-0.15, -0.1) is 0 Å². The first-order valence-electron chi connectivity index (χ1n) is 6.39. The van der Waals surface area contributed by atoms with E-state index in [9.17, 15) is 0 Å². The maximum absolute atomic E-state index is 4.44. The summed E-state index contributed by atoms with van der Waals surface area (Å²) in [4.78, 5) is 4.44. The highest BCUT2D eigenvalue weighted by molar-refractivity contribution is 4.97. The third-order valence-electron chi connectivity index (χ3n) is 3.79. The lowest BCUT2D eigenvalue weighted by molar-refractivity contribution is 0.319. The van der Waals surface area contributed by atoms with Gasteiger partial charge in [-0.25, -0.2) is 9.67 Å². The number of aromatic nitrogens is 3. The van der Waals surface area contributed by atoms with E-state index in [4.69, 9.17) is 0 Å². The van der Waals surface area contributed by atoms with Crippen molar-refractivity contribution in [2.45, 2.75) is 58.2 Å². The SMILES string of the molecule is Cc1nc2n(n1)CC(NC(C)C1CC1)CC2. The first kappa shape index (κ1) is 10.3. The lowest BCUT2D eigenvalue weighted by atomic mass is 10.1. The zero-order chi connectivity index (χ0) is 11.1. The van der Waals surface area contributed by atoms with E-state index < -0.39 is 0 Å². The minimum atomic E-state index is 0.587. The topological polar surface area (TPSA) is 42.7 Å². The lowest BCUT2D eigenvalue weighted by Crippen LogP contribution is -2.43. The van der Waals surface area contributed by atoms with Crippen LogP contribution in [-0.4, -0.2) is 26.8 Å². The Morgan fingerprint density at radius 3 is 2.94 bits per heavy atom. The van der Waals surface area contributed by atoms with Crippen molar-refractivity contribution < 1.29 is 0 Å². The molecule has 3 rings (SSSR count). The Morgan fingerprint density at radius 1 is 1.38 bits per heavy atom. The number of nitrogens with one attached hydrogen (secondary N) is 1. The van der Waals surface area contributed by atoms with Crippen LogP contribution in [0.15, 0.2) is 0 Å². The standard InChI is InChI=1S/C12H20N4/c1-8(10-3-4-10)13-11-5-6-12-14-9(2)15-16(12)7-11/h8,10-11,13H,3-7H2,1-2H3. The van der Waals surface area contributed by atoms with Crippen LogP contribution in [0, 0.1) is 12.8 Å². The molecule has 2 atom stereocenters. The Balaban J connectivity index is 1.63. The van der Waals surface area contributed by atoms with Gasteiger partial charge in [0.1, 0.15) is 11.6 Å². The van der Waals surface area contributed by atoms with Crippen LogP contribution in [0.4, 0.5) is 0 Å². The molecule has 0 amide bonds. The number of hydrogen-bond donors (Lipinski definition) is 1. The molecule has 1 N–H and O–H groups in total. The van der Waals surface area contributed by atoms with Gasteiger partial charge in [0.15, 0.2) is 0 Å². The summed E-state index contributed by atoms with van der Waals surface area (Å²) in [5, 5.41) is 8.18. The smallest absolute Gasteiger partial charge is 0.147 e. The van der Waals surface area contributed by atoms with E-state index in [1.54, 1.807) is 0 Å². The van der Waals surface area contributed by atoms with Crippen molar-refractivity contribution >= 4 is 0 Å². The molecule has 1 fully saturated rings. The van der Waals surface area contributed by atoms with E-state index in [0.717, 1.165) is 30.5 Å². The van der Waals surface area contributed by atoms with Gasteiger partial charge in [0.2, 0.25) is 0 Å². The number of fused-ring (bicyclic) bond motifs is 1. The molecule has 0 saturated heterocycles. The number of nitrogens with zero attached hydrogens (tertiary/aromatic N) is 3. The third kappa shape index (κ3) is 1.98. The summed E-state index contributed by atoms with van der Waals surface area (Å²) >= 11 is 0. The Labute approximate surface area is 96.4 Å². The van der Waals surface area contributed by atoms with Crippen LogP contribution in [0.5, 0.6) is 0 Å². The van der Waals surface area contributed by atoms with E-state index in [1.165, 1.54) is 19.3 Å². The maximum atomic E-state index is 4.44. The fourth-order valence-corrected chi connectivity index (χ4v) is 2.67. The largest absolute Gasteiger partial charge is 0.309 e. The van der Waals surface area contributed by atoms with Gasteiger partial charge in [0, 0.05) is 18.5 Å². The van der Waals surface area contributed by atoms with Gasteiger partial charge >= 0.3 is 0 Å².